The molecule has 20 heavy (non-hydrogen) atoms. The molecule has 1 atom stereocenters. The Morgan fingerprint density at radius 1 is 1.20 bits per heavy atom. The molecule has 0 heterocycles. The van der Waals surface area contributed by atoms with Crippen molar-refractivity contribution in [2.75, 3.05) is 0 Å². The summed E-state index contributed by atoms with van der Waals surface area (Å²) >= 11 is 0. The molecule has 1 aromatic rings. The van der Waals surface area contributed by atoms with Crippen LogP contribution in [0.2, 0.25) is 0 Å². The molecule has 2 nitrogen and oxygen atoms in total. The van der Waals surface area contributed by atoms with E-state index in [0.29, 0.717) is 12.8 Å². The van der Waals surface area contributed by atoms with Gasteiger partial charge in [-0.05, 0) is 44.1 Å². The zero-order valence-electron chi connectivity index (χ0n) is 12.4. The van der Waals surface area contributed by atoms with Gasteiger partial charge in [-0.3, -0.25) is 0 Å². The molecule has 0 aromatic heterocycles. The van der Waals surface area contributed by atoms with Crippen molar-refractivity contribution < 1.29 is 9.50 Å². The molecular weight excluding hydrogens is 253 g/mol. The second kappa shape index (κ2) is 4.86. The Kier molecular flexibility index (Phi) is 3.64. The van der Waals surface area contributed by atoms with Crippen molar-refractivity contribution in [2.45, 2.75) is 52.1 Å². The Balaban J connectivity index is 2.42. The van der Waals surface area contributed by atoms with Crippen LogP contribution in [0.3, 0.4) is 0 Å². The molecule has 3 heteroatoms. The molecule has 0 bridgehead atoms. The Morgan fingerprint density at radius 2 is 1.75 bits per heavy atom. The fourth-order valence-electron chi connectivity index (χ4n) is 3.17. The largest absolute Gasteiger partial charge is 0.384 e. The van der Waals surface area contributed by atoms with E-state index < -0.39 is 16.8 Å². The second-order valence-corrected chi connectivity index (χ2v) is 6.91. The minimum Gasteiger partial charge on any atom is -0.384 e. The summed E-state index contributed by atoms with van der Waals surface area (Å²) in [5.41, 5.74) is -1.97. The average Bonchev–Trinajstić information content (AvgIpc) is 2.39. The molecule has 0 amide bonds. The highest BCUT2D eigenvalue weighted by atomic mass is 19.1. The van der Waals surface area contributed by atoms with E-state index in [1.54, 1.807) is 25.1 Å². The summed E-state index contributed by atoms with van der Waals surface area (Å²) in [6.07, 6.45) is 2.92. The Hall–Kier alpha value is -1.40. The third-order valence-electron chi connectivity index (χ3n) is 5.00. The molecule has 1 unspecified atom stereocenters. The van der Waals surface area contributed by atoms with Crippen LogP contribution in [0.25, 0.3) is 0 Å². The molecule has 1 fully saturated rings. The van der Waals surface area contributed by atoms with Crippen LogP contribution in [-0.2, 0) is 5.60 Å². The minimum absolute atomic E-state index is 0.186. The number of aliphatic hydroxyl groups is 1. The lowest BCUT2D eigenvalue weighted by atomic mass is 9.58. The molecular formula is C17H22FNO. The van der Waals surface area contributed by atoms with E-state index >= 15 is 0 Å². The molecule has 1 aliphatic rings. The Labute approximate surface area is 120 Å². The van der Waals surface area contributed by atoms with Crippen molar-refractivity contribution in [1.29, 1.82) is 5.26 Å². The molecule has 0 saturated heterocycles. The lowest BCUT2D eigenvalue weighted by molar-refractivity contribution is -0.0794. The first-order valence-corrected chi connectivity index (χ1v) is 7.13. The van der Waals surface area contributed by atoms with Gasteiger partial charge < -0.3 is 5.11 Å². The quantitative estimate of drug-likeness (QED) is 0.881. The third-order valence-corrected chi connectivity index (χ3v) is 5.00. The van der Waals surface area contributed by atoms with Crippen molar-refractivity contribution in [2.24, 2.45) is 10.8 Å². The zero-order chi connectivity index (χ0) is 15.0. The van der Waals surface area contributed by atoms with Crippen LogP contribution in [0.15, 0.2) is 24.3 Å². The Morgan fingerprint density at radius 3 is 2.25 bits per heavy atom. The summed E-state index contributed by atoms with van der Waals surface area (Å²) in [7, 11) is 0. The molecule has 1 aliphatic carbocycles. The van der Waals surface area contributed by atoms with E-state index in [2.05, 4.69) is 19.9 Å². The van der Waals surface area contributed by atoms with Crippen LogP contribution < -0.4 is 0 Å². The molecule has 0 spiro atoms. The lowest BCUT2D eigenvalue weighted by Gasteiger charge is -2.47. The van der Waals surface area contributed by atoms with Gasteiger partial charge in [-0.25, -0.2) is 4.39 Å². The number of halogens is 1. The molecule has 1 N–H and O–H groups in total. The normalized spacial score (nSPS) is 23.6. The number of nitriles is 1. The molecule has 0 aliphatic heterocycles. The fraction of sp³-hybridized carbons (Fsp3) is 0.588. The molecule has 2 rings (SSSR count). The van der Waals surface area contributed by atoms with Crippen molar-refractivity contribution >= 4 is 0 Å². The van der Waals surface area contributed by atoms with E-state index in [1.165, 1.54) is 6.07 Å². The highest BCUT2D eigenvalue weighted by Crippen LogP contribution is 2.53. The van der Waals surface area contributed by atoms with Gasteiger partial charge in [-0.2, -0.15) is 5.26 Å². The number of hydrogen-bond acceptors (Lipinski definition) is 2. The van der Waals surface area contributed by atoms with Crippen molar-refractivity contribution in [3.05, 3.63) is 35.6 Å². The number of rotatable bonds is 2. The van der Waals surface area contributed by atoms with Gasteiger partial charge in [-0.15, -0.1) is 0 Å². The van der Waals surface area contributed by atoms with E-state index in [-0.39, 0.29) is 11.0 Å². The maximum Gasteiger partial charge on any atom is 0.129 e. The van der Waals surface area contributed by atoms with Crippen LogP contribution in [0.1, 0.15) is 52.0 Å². The summed E-state index contributed by atoms with van der Waals surface area (Å²) in [5, 5.41) is 20.6. The first-order valence-electron chi connectivity index (χ1n) is 7.13. The van der Waals surface area contributed by atoms with Gasteiger partial charge in [0.2, 0.25) is 0 Å². The molecule has 0 radical (unpaired) electrons. The second-order valence-electron chi connectivity index (χ2n) is 6.91. The summed E-state index contributed by atoms with van der Waals surface area (Å²) in [6, 6.07) is 8.51. The monoisotopic (exact) mass is 275 g/mol. The maximum atomic E-state index is 14.0. The number of benzene rings is 1. The van der Waals surface area contributed by atoms with Crippen LogP contribution in [-0.4, -0.2) is 5.11 Å². The van der Waals surface area contributed by atoms with Crippen molar-refractivity contribution in [1.82, 2.24) is 0 Å². The van der Waals surface area contributed by atoms with Crippen LogP contribution in [0.5, 0.6) is 0 Å². The van der Waals surface area contributed by atoms with Gasteiger partial charge in [0, 0.05) is 5.56 Å². The molecule has 108 valence electrons. The predicted octanol–water partition coefficient (Wildman–Crippen LogP) is 4.14. The van der Waals surface area contributed by atoms with E-state index in [9.17, 15) is 14.8 Å². The summed E-state index contributed by atoms with van der Waals surface area (Å²) < 4.78 is 14.0. The van der Waals surface area contributed by atoms with Crippen molar-refractivity contribution in [3.8, 4) is 6.07 Å². The first-order chi connectivity index (χ1) is 9.24. The van der Waals surface area contributed by atoms with Crippen LogP contribution in [0, 0.1) is 28.0 Å². The summed E-state index contributed by atoms with van der Waals surface area (Å²) in [5.74, 6) is -0.447. The third kappa shape index (κ3) is 2.33. The topological polar surface area (TPSA) is 44.0 Å². The summed E-state index contributed by atoms with van der Waals surface area (Å²) in [4.78, 5) is 0. The van der Waals surface area contributed by atoms with Gasteiger partial charge in [-0.1, -0.05) is 32.0 Å². The smallest absolute Gasteiger partial charge is 0.129 e. The molecule has 1 saturated carbocycles. The lowest BCUT2D eigenvalue weighted by Crippen LogP contribution is -2.46. The van der Waals surface area contributed by atoms with E-state index in [4.69, 9.17) is 0 Å². The van der Waals surface area contributed by atoms with Gasteiger partial charge in [0.25, 0.3) is 0 Å². The van der Waals surface area contributed by atoms with E-state index in [1.807, 2.05) is 0 Å². The highest BCUT2D eigenvalue weighted by molar-refractivity contribution is 5.30. The Bertz CT molecular complexity index is 532. The standard InChI is InChI=1S/C17H22FNO/c1-15(2)8-10-17(12-19,11-9-15)16(3,20)13-6-4-5-7-14(13)18/h4-7,20H,8-11H2,1-3H3. The average molecular weight is 275 g/mol. The highest BCUT2D eigenvalue weighted by Gasteiger charge is 2.52. The maximum absolute atomic E-state index is 14.0. The zero-order valence-corrected chi connectivity index (χ0v) is 12.4. The summed E-state index contributed by atoms with van der Waals surface area (Å²) in [6.45, 7) is 5.92. The minimum atomic E-state index is -1.47. The van der Waals surface area contributed by atoms with Gasteiger partial charge in [0.05, 0.1) is 11.5 Å². The first kappa shape index (κ1) is 15.0. The van der Waals surface area contributed by atoms with E-state index in [0.717, 1.165) is 12.8 Å². The SMILES string of the molecule is CC1(C)CCC(C#N)(C(C)(O)c2ccccc2F)CC1. The molecule has 1 aromatic carbocycles. The van der Waals surface area contributed by atoms with Crippen molar-refractivity contribution in [3.63, 3.8) is 0 Å². The van der Waals surface area contributed by atoms with Gasteiger partial charge in [0.15, 0.2) is 0 Å². The fourth-order valence-corrected chi connectivity index (χ4v) is 3.17. The van der Waals surface area contributed by atoms with Gasteiger partial charge in [0.1, 0.15) is 11.4 Å². The van der Waals surface area contributed by atoms with Crippen LogP contribution >= 0.6 is 0 Å². The number of hydrogen-bond donors (Lipinski definition) is 1. The van der Waals surface area contributed by atoms with Crippen LogP contribution in [0.4, 0.5) is 4.39 Å². The van der Waals surface area contributed by atoms with Gasteiger partial charge >= 0.3 is 0 Å². The number of nitrogens with zero attached hydrogens (tertiary/aromatic N) is 1. The predicted molar refractivity (Wildman–Crippen MR) is 76.3 cm³/mol.